The number of para-hydroxylation sites is 2. The molecule has 0 saturated heterocycles. The smallest absolute Gasteiger partial charge is 0.125 e. The summed E-state index contributed by atoms with van der Waals surface area (Å²) in [4.78, 5) is 11.7. The van der Waals surface area contributed by atoms with E-state index in [2.05, 4.69) is 65.2 Å². The first-order chi connectivity index (χ1) is 8.18. The number of nitrogens with one attached hydrogen (secondary N) is 1. The third-order valence-corrected chi connectivity index (χ3v) is 2.72. The van der Waals surface area contributed by atoms with Crippen LogP contribution in [0, 0.1) is 0 Å². The van der Waals surface area contributed by atoms with Crippen LogP contribution < -0.4 is 9.80 Å². The number of benzene rings is 1. The second-order valence-corrected chi connectivity index (χ2v) is 4.28. The topological polar surface area (TPSA) is 35.2 Å². The van der Waals surface area contributed by atoms with Gasteiger partial charge in [-0.15, -0.1) is 0 Å². The highest BCUT2D eigenvalue weighted by molar-refractivity contribution is 5.70. The van der Waals surface area contributed by atoms with E-state index >= 15 is 0 Å². The number of anilines is 2. The van der Waals surface area contributed by atoms with Gasteiger partial charge in [0.15, 0.2) is 0 Å². The molecule has 1 N–H and O–H groups in total. The molecule has 0 unspecified atom stereocenters. The minimum absolute atomic E-state index is 0.776. The van der Waals surface area contributed by atoms with Crippen molar-refractivity contribution < 1.29 is 0 Å². The standard InChI is InChI=1S/C13H18N4/c1-16(2)11-6-4-5-7-12(11)17(3)10-13-14-8-9-15-13/h4-9H,10H2,1-3H3,(H,14,15). The van der Waals surface area contributed by atoms with Crippen molar-refractivity contribution in [1.29, 1.82) is 0 Å². The van der Waals surface area contributed by atoms with Crippen LogP contribution >= 0.6 is 0 Å². The van der Waals surface area contributed by atoms with Crippen LogP contribution in [0.3, 0.4) is 0 Å². The molecular formula is C13H18N4. The van der Waals surface area contributed by atoms with Gasteiger partial charge in [-0.25, -0.2) is 4.98 Å². The molecule has 2 rings (SSSR count). The fourth-order valence-electron chi connectivity index (χ4n) is 1.86. The molecule has 0 saturated carbocycles. The molecular weight excluding hydrogens is 212 g/mol. The van der Waals surface area contributed by atoms with E-state index in [0.717, 1.165) is 12.4 Å². The molecule has 2 aromatic rings. The molecule has 1 aromatic carbocycles. The molecule has 0 radical (unpaired) electrons. The van der Waals surface area contributed by atoms with Crippen molar-refractivity contribution in [2.24, 2.45) is 0 Å². The molecule has 90 valence electrons. The lowest BCUT2D eigenvalue weighted by Crippen LogP contribution is -2.21. The van der Waals surface area contributed by atoms with Crippen molar-refractivity contribution in [3.8, 4) is 0 Å². The molecule has 1 heterocycles. The number of aromatic amines is 1. The van der Waals surface area contributed by atoms with Crippen molar-refractivity contribution in [3.63, 3.8) is 0 Å². The molecule has 4 heteroatoms. The van der Waals surface area contributed by atoms with Gasteiger partial charge < -0.3 is 14.8 Å². The number of hydrogen-bond donors (Lipinski definition) is 1. The second-order valence-electron chi connectivity index (χ2n) is 4.28. The quantitative estimate of drug-likeness (QED) is 0.873. The molecule has 0 bridgehead atoms. The third kappa shape index (κ3) is 2.58. The van der Waals surface area contributed by atoms with Gasteiger partial charge in [0.1, 0.15) is 5.82 Å². The molecule has 17 heavy (non-hydrogen) atoms. The number of H-pyrrole nitrogens is 1. The first-order valence-electron chi connectivity index (χ1n) is 5.64. The fraction of sp³-hybridized carbons (Fsp3) is 0.308. The summed E-state index contributed by atoms with van der Waals surface area (Å²) >= 11 is 0. The Labute approximate surface area is 102 Å². The molecule has 1 aromatic heterocycles. The van der Waals surface area contributed by atoms with Gasteiger partial charge in [0.25, 0.3) is 0 Å². The van der Waals surface area contributed by atoms with Crippen molar-refractivity contribution in [2.45, 2.75) is 6.54 Å². The Hall–Kier alpha value is -1.97. The predicted octanol–water partition coefficient (Wildman–Crippen LogP) is 2.11. The first kappa shape index (κ1) is 11.5. The van der Waals surface area contributed by atoms with Crippen molar-refractivity contribution in [1.82, 2.24) is 9.97 Å². The lowest BCUT2D eigenvalue weighted by atomic mass is 10.2. The molecule has 0 fully saturated rings. The van der Waals surface area contributed by atoms with Crippen molar-refractivity contribution in [3.05, 3.63) is 42.5 Å². The number of imidazole rings is 1. The maximum absolute atomic E-state index is 4.25. The largest absolute Gasteiger partial charge is 0.376 e. The van der Waals surface area contributed by atoms with E-state index in [1.54, 1.807) is 6.20 Å². The van der Waals surface area contributed by atoms with Crippen LogP contribution in [0.25, 0.3) is 0 Å². The fourth-order valence-corrected chi connectivity index (χ4v) is 1.86. The van der Waals surface area contributed by atoms with E-state index in [9.17, 15) is 0 Å². The summed E-state index contributed by atoms with van der Waals surface area (Å²) in [5, 5.41) is 0. The monoisotopic (exact) mass is 230 g/mol. The van der Waals surface area contributed by atoms with Crippen molar-refractivity contribution in [2.75, 3.05) is 30.9 Å². The summed E-state index contributed by atoms with van der Waals surface area (Å²) in [6, 6.07) is 8.35. The summed E-state index contributed by atoms with van der Waals surface area (Å²) in [6.45, 7) is 0.776. The zero-order valence-electron chi connectivity index (χ0n) is 10.5. The second kappa shape index (κ2) is 4.91. The summed E-state index contributed by atoms with van der Waals surface area (Å²) < 4.78 is 0. The van der Waals surface area contributed by atoms with E-state index < -0.39 is 0 Å². The van der Waals surface area contributed by atoms with Gasteiger partial charge in [0, 0.05) is 33.5 Å². The summed E-state index contributed by atoms with van der Waals surface area (Å²) in [5.74, 6) is 0.973. The Balaban J connectivity index is 2.21. The zero-order valence-corrected chi connectivity index (χ0v) is 10.5. The molecule has 0 amide bonds. The van der Waals surface area contributed by atoms with Gasteiger partial charge in [-0.2, -0.15) is 0 Å². The van der Waals surface area contributed by atoms with Crippen LogP contribution in [0.2, 0.25) is 0 Å². The lowest BCUT2D eigenvalue weighted by molar-refractivity contribution is 0.857. The molecule has 0 aliphatic heterocycles. The van der Waals surface area contributed by atoms with Crippen LogP contribution in [0.4, 0.5) is 11.4 Å². The van der Waals surface area contributed by atoms with Crippen LogP contribution in [0.5, 0.6) is 0 Å². The van der Waals surface area contributed by atoms with E-state index in [0.29, 0.717) is 0 Å². The van der Waals surface area contributed by atoms with E-state index in [4.69, 9.17) is 0 Å². The van der Waals surface area contributed by atoms with Gasteiger partial charge in [-0.3, -0.25) is 0 Å². The molecule has 0 aliphatic carbocycles. The van der Waals surface area contributed by atoms with Crippen molar-refractivity contribution >= 4 is 11.4 Å². The van der Waals surface area contributed by atoms with E-state index in [1.807, 2.05) is 6.20 Å². The Kier molecular flexibility index (Phi) is 3.32. The summed E-state index contributed by atoms with van der Waals surface area (Å²) in [7, 11) is 6.18. The Morgan fingerprint density at radius 3 is 2.41 bits per heavy atom. The highest BCUT2D eigenvalue weighted by Crippen LogP contribution is 2.27. The van der Waals surface area contributed by atoms with Crippen LogP contribution in [0.15, 0.2) is 36.7 Å². The maximum atomic E-state index is 4.25. The van der Waals surface area contributed by atoms with Gasteiger partial charge in [-0.05, 0) is 12.1 Å². The number of hydrogen-bond acceptors (Lipinski definition) is 3. The number of nitrogens with zero attached hydrogens (tertiary/aromatic N) is 3. The van der Waals surface area contributed by atoms with Gasteiger partial charge >= 0.3 is 0 Å². The van der Waals surface area contributed by atoms with Crippen LogP contribution in [-0.4, -0.2) is 31.1 Å². The third-order valence-electron chi connectivity index (χ3n) is 2.72. The lowest BCUT2D eigenvalue weighted by Gasteiger charge is -2.24. The Morgan fingerprint density at radius 1 is 1.12 bits per heavy atom. The van der Waals surface area contributed by atoms with Gasteiger partial charge in [0.05, 0.1) is 17.9 Å². The number of aromatic nitrogens is 2. The molecule has 0 spiro atoms. The number of rotatable bonds is 4. The molecule has 0 aliphatic rings. The van der Waals surface area contributed by atoms with Gasteiger partial charge in [0.2, 0.25) is 0 Å². The average Bonchev–Trinajstić information content (AvgIpc) is 2.81. The molecule has 4 nitrogen and oxygen atoms in total. The van der Waals surface area contributed by atoms with E-state index in [-0.39, 0.29) is 0 Å². The highest BCUT2D eigenvalue weighted by atomic mass is 15.2. The minimum Gasteiger partial charge on any atom is -0.376 e. The average molecular weight is 230 g/mol. The molecule has 0 atom stereocenters. The highest BCUT2D eigenvalue weighted by Gasteiger charge is 2.09. The van der Waals surface area contributed by atoms with Gasteiger partial charge in [-0.1, -0.05) is 12.1 Å². The summed E-state index contributed by atoms with van der Waals surface area (Å²) in [6.07, 6.45) is 3.63. The normalized spacial score (nSPS) is 10.3. The SMILES string of the molecule is CN(C)c1ccccc1N(C)Cc1ncc[nH]1. The first-order valence-corrected chi connectivity index (χ1v) is 5.64. The summed E-state index contributed by atoms with van der Waals surface area (Å²) in [5.41, 5.74) is 2.41. The predicted molar refractivity (Wildman–Crippen MR) is 71.5 cm³/mol. The Bertz CT molecular complexity index is 462. The van der Waals surface area contributed by atoms with Crippen LogP contribution in [-0.2, 0) is 6.54 Å². The zero-order chi connectivity index (χ0) is 12.3. The van der Waals surface area contributed by atoms with E-state index in [1.165, 1.54) is 11.4 Å². The van der Waals surface area contributed by atoms with Crippen LogP contribution in [0.1, 0.15) is 5.82 Å². The Morgan fingerprint density at radius 2 is 1.82 bits per heavy atom. The minimum atomic E-state index is 0.776. The maximum Gasteiger partial charge on any atom is 0.125 e.